The van der Waals surface area contributed by atoms with Gasteiger partial charge < -0.3 is 9.47 Å². The molecule has 19 heavy (non-hydrogen) atoms. The minimum Gasteiger partial charge on any atom is -0.384 e. The first-order valence-corrected chi connectivity index (χ1v) is 10.6. The van der Waals surface area contributed by atoms with E-state index in [1.807, 2.05) is 0 Å². The van der Waals surface area contributed by atoms with Crippen LogP contribution in [0.25, 0.3) is 0 Å². The van der Waals surface area contributed by atoms with Crippen molar-refractivity contribution in [2.24, 2.45) is 5.41 Å². The van der Waals surface area contributed by atoms with Gasteiger partial charge in [0.2, 0.25) is 0 Å². The Hall–Kier alpha value is 0.347. The van der Waals surface area contributed by atoms with Gasteiger partial charge in [0.15, 0.2) is 0 Å². The standard InChI is InChI=1S/C15H24IO2Si/c1-5-19(6-2)9-12-7-15(10-17-3,11-18-4)8-13(12)14(19)16/h5-8,10-11H2,1-4H3. The average molecular weight is 391 g/mol. The minimum atomic E-state index is -1.39. The van der Waals surface area contributed by atoms with Crippen molar-refractivity contribution >= 4 is 30.7 Å². The number of hydrogen-bond acceptors (Lipinski definition) is 2. The van der Waals surface area contributed by atoms with E-state index in [2.05, 4.69) is 42.1 Å². The molecule has 0 saturated heterocycles. The summed E-state index contributed by atoms with van der Waals surface area (Å²) in [6, 6.07) is 2.58. The number of ether oxygens (including phenoxy) is 2. The molecule has 0 aromatic carbocycles. The van der Waals surface area contributed by atoms with Gasteiger partial charge in [0.05, 0.1) is 13.2 Å². The van der Waals surface area contributed by atoms with Crippen LogP contribution in [-0.2, 0) is 9.47 Å². The zero-order chi connectivity index (χ0) is 14.1. The van der Waals surface area contributed by atoms with Gasteiger partial charge in [-0.1, -0.05) is 54.2 Å². The number of allylic oxidation sites excluding steroid dienone is 2. The second-order valence-electron chi connectivity index (χ2n) is 5.90. The second kappa shape index (κ2) is 5.99. The molecule has 1 aliphatic carbocycles. The molecule has 0 N–H and O–H groups in total. The largest absolute Gasteiger partial charge is 0.384 e. The van der Waals surface area contributed by atoms with E-state index < -0.39 is 8.07 Å². The van der Waals surface area contributed by atoms with Crippen molar-refractivity contribution in [3.63, 3.8) is 0 Å². The van der Waals surface area contributed by atoms with Gasteiger partial charge in [0.25, 0.3) is 0 Å². The normalized spacial score (nSPS) is 23.7. The Morgan fingerprint density at radius 2 is 1.74 bits per heavy atom. The van der Waals surface area contributed by atoms with Gasteiger partial charge in [0.1, 0.15) is 8.07 Å². The molecule has 107 valence electrons. The van der Waals surface area contributed by atoms with E-state index in [0.717, 1.165) is 26.1 Å². The summed E-state index contributed by atoms with van der Waals surface area (Å²) in [7, 11) is 2.19. The predicted molar refractivity (Wildman–Crippen MR) is 89.9 cm³/mol. The molecule has 1 fully saturated rings. The molecule has 0 atom stereocenters. The third-order valence-corrected chi connectivity index (χ3v) is 12.7. The average Bonchev–Trinajstić information content (AvgIpc) is 2.85. The molecule has 1 heterocycles. The molecule has 2 nitrogen and oxygen atoms in total. The van der Waals surface area contributed by atoms with Crippen molar-refractivity contribution in [1.82, 2.24) is 0 Å². The Bertz CT molecular complexity index is 404. The number of fused-ring (bicyclic) bond motifs is 1. The van der Waals surface area contributed by atoms with E-state index in [1.54, 1.807) is 23.0 Å². The molecule has 0 amide bonds. The van der Waals surface area contributed by atoms with Crippen LogP contribution in [0.4, 0.5) is 0 Å². The molecule has 0 bridgehead atoms. The molecular formula is C15H24IO2Si. The Balaban J connectivity index is 2.30. The molecule has 0 aromatic rings. The maximum Gasteiger partial charge on any atom is 0.126 e. The topological polar surface area (TPSA) is 18.5 Å². The van der Waals surface area contributed by atoms with E-state index in [-0.39, 0.29) is 5.41 Å². The molecular weight excluding hydrogens is 367 g/mol. The number of halogens is 1. The summed E-state index contributed by atoms with van der Waals surface area (Å²) in [6.45, 7) is 6.24. The maximum absolute atomic E-state index is 5.45. The van der Waals surface area contributed by atoms with E-state index in [9.17, 15) is 0 Å². The van der Waals surface area contributed by atoms with Gasteiger partial charge in [-0.05, 0) is 27.2 Å². The lowest BCUT2D eigenvalue weighted by Gasteiger charge is -2.29. The Morgan fingerprint density at radius 1 is 1.16 bits per heavy atom. The number of hydrogen-bond donors (Lipinski definition) is 0. The van der Waals surface area contributed by atoms with Crippen LogP contribution in [0.1, 0.15) is 26.7 Å². The van der Waals surface area contributed by atoms with Gasteiger partial charge in [-0.15, -0.1) is 0 Å². The van der Waals surface area contributed by atoms with E-state index in [0.29, 0.717) is 0 Å². The van der Waals surface area contributed by atoms with Crippen LogP contribution in [0.3, 0.4) is 0 Å². The fourth-order valence-electron chi connectivity index (χ4n) is 3.58. The lowest BCUT2D eigenvalue weighted by Crippen LogP contribution is -2.32. The summed E-state index contributed by atoms with van der Waals surface area (Å²) in [5, 5.41) is 0. The van der Waals surface area contributed by atoms with Crippen LogP contribution >= 0.6 is 22.6 Å². The highest BCUT2D eigenvalue weighted by Crippen LogP contribution is 2.54. The lowest BCUT2D eigenvalue weighted by molar-refractivity contribution is 0.0189. The maximum atomic E-state index is 5.45. The summed E-state index contributed by atoms with van der Waals surface area (Å²) in [5.41, 5.74) is 7.18. The van der Waals surface area contributed by atoms with E-state index in [1.165, 1.54) is 17.7 Å². The third kappa shape index (κ3) is 2.61. The molecule has 4 heteroatoms. The number of rotatable bonds is 6. The number of methoxy groups -OCH3 is 2. The van der Waals surface area contributed by atoms with Crippen molar-refractivity contribution in [2.75, 3.05) is 27.4 Å². The molecule has 0 aromatic heterocycles. The molecule has 1 saturated carbocycles. The summed E-state index contributed by atoms with van der Waals surface area (Å²) >= 11 is 2.61. The second-order valence-corrected chi connectivity index (χ2v) is 12.3. The smallest absolute Gasteiger partial charge is 0.126 e. The van der Waals surface area contributed by atoms with Crippen LogP contribution in [0, 0.1) is 11.1 Å². The van der Waals surface area contributed by atoms with Crippen LogP contribution in [-0.4, -0.2) is 35.5 Å². The molecule has 2 aliphatic rings. The highest BCUT2D eigenvalue weighted by atomic mass is 127. The van der Waals surface area contributed by atoms with Crippen molar-refractivity contribution < 1.29 is 9.47 Å². The molecule has 1 aliphatic heterocycles. The first kappa shape index (κ1) is 15.7. The highest BCUT2D eigenvalue weighted by Gasteiger charge is 2.48. The Labute approximate surface area is 131 Å². The summed E-state index contributed by atoms with van der Waals surface area (Å²) in [6.07, 6.45) is 2.20. The first-order valence-electron chi connectivity index (χ1n) is 7.08. The van der Waals surface area contributed by atoms with Crippen LogP contribution in [0.15, 0.2) is 14.3 Å². The van der Waals surface area contributed by atoms with Gasteiger partial charge in [-0.25, -0.2) is 0 Å². The van der Waals surface area contributed by atoms with Crippen molar-refractivity contribution in [2.45, 2.75) is 38.8 Å². The van der Waals surface area contributed by atoms with Gasteiger partial charge >= 0.3 is 0 Å². The highest BCUT2D eigenvalue weighted by molar-refractivity contribution is 14.1. The first-order chi connectivity index (χ1) is 9.06. The Kier molecular flexibility index (Phi) is 4.96. The van der Waals surface area contributed by atoms with Crippen molar-refractivity contribution in [3.8, 4) is 0 Å². The zero-order valence-electron chi connectivity index (χ0n) is 12.4. The van der Waals surface area contributed by atoms with Crippen LogP contribution in [0.5, 0.6) is 0 Å². The van der Waals surface area contributed by atoms with Gasteiger partial charge in [-0.3, -0.25) is 0 Å². The molecule has 2 rings (SSSR count). The van der Waals surface area contributed by atoms with E-state index >= 15 is 0 Å². The zero-order valence-corrected chi connectivity index (χ0v) is 15.6. The Morgan fingerprint density at radius 3 is 2.16 bits per heavy atom. The predicted octanol–water partition coefficient (Wildman–Crippen LogP) is 4.06. The summed E-state index contributed by atoms with van der Waals surface area (Å²) in [5.74, 6) is 0. The molecule has 1 radical (unpaired) electrons. The quantitative estimate of drug-likeness (QED) is 0.502. The lowest BCUT2D eigenvalue weighted by atomic mass is 9.88. The van der Waals surface area contributed by atoms with Crippen molar-refractivity contribution in [3.05, 3.63) is 20.0 Å². The minimum absolute atomic E-state index is 0.152. The molecule has 0 unspecified atom stereocenters. The fourth-order valence-corrected chi connectivity index (χ4v) is 10.0. The van der Waals surface area contributed by atoms with Gasteiger partial charge in [0, 0.05) is 19.6 Å². The molecule has 0 spiro atoms. The van der Waals surface area contributed by atoms with Crippen LogP contribution in [0.2, 0.25) is 12.1 Å². The fraction of sp³-hybridized carbons (Fsp3) is 0.733. The van der Waals surface area contributed by atoms with Crippen LogP contribution < -0.4 is 0 Å². The third-order valence-electron chi connectivity index (χ3n) is 4.65. The van der Waals surface area contributed by atoms with E-state index in [4.69, 9.17) is 9.47 Å². The summed E-state index contributed by atoms with van der Waals surface area (Å²) < 4.78 is 12.6. The monoisotopic (exact) mass is 391 g/mol. The summed E-state index contributed by atoms with van der Waals surface area (Å²) in [4.78, 5) is 0. The van der Waals surface area contributed by atoms with Gasteiger partial charge in [-0.2, -0.15) is 0 Å². The SMILES string of the molecule is CC[Si]1(CC)[C]=C2CC(COC)(COC)CC2=C1I. The van der Waals surface area contributed by atoms with Crippen molar-refractivity contribution in [1.29, 1.82) is 0 Å².